The number of benzene rings is 2. The number of morpholine rings is 1. The topological polar surface area (TPSA) is 49.2 Å². The highest BCUT2D eigenvalue weighted by Crippen LogP contribution is 2.33. The standard InChI is InChI=1S/C23H30N4O2/c1-25(2)19-10-8-18(9-11-19)22-24-21-7-4-3-6-20(21)23(28)27(22)13-5-12-26-14-16-29-17-15-26/h3-4,6-11,22,24H,5,12-17H2,1-2H3/p+1/t22-/m0/s1. The van der Waals surface area contributed by atoms with E-state index in [-0.39, 0.29) is 12.1 Å². The minimum absolute atomic E-state index is 0.109. The van der Waals surface area contributed by atoms with Crippen LogP contribution in [-0.4, -0.2) is 64.3 Å². The quantitative estimate of drug-likeness (QED) is 0.781. The van der Waals surface area contributed by atoms with Crippen LogP contribution in [0, 0.1) is 0 Å². The fraction of sp³-hybridized carbons (Fsp3) is 0.435. The number of carbonyl (C=O) groups is 1. The summed E-state index contributed by atoms with van der Waals surface area (Å²) < 4.78 is 5.45. The molecule has 1 atom stereocenters. The maximum atomic E-state index is 13.3. The molecule has 154 valence electrons. The largest absolute Gasteiger partial charge is 0.378 e. The Morgan fingerprint density at radius 1 is 1.10 bits per heavy atom. The Morgan fingerprint density at radius 2 is 1.83 bits per heavy atom. The number of nitrogens with one attached hydrogen (secondary N) is 2. The highest BCUT2D eigenvalue weighted by molar-refractivity contribution is 6.01. The minimum atomic E-state index is -0.145. The van der Waals surface area contributed by atoms with Crippen LogP contribution < -0.4 is 15.1 Å². The molecule has 1 saturated heterocycles. The van der Waals surface area contributed by atoms with E-state index in [1.807, 2.05) is 43.3 Å². The lowest BCUT2D eigenvalue weighted by atomic mass is 10.0. The van der Waals surface area contributed by atoms with Gasteiger partial charge in [0.1, 0.15) is 19.3 Å². The van der Waals surface area contributed by atoms with Crippen LogP contribution >= 0.6 is 0 Å². The molecule has 1 amide bonds. The summed E-state index contributed by atoms with van der Waals surface area (Å²) in [6.45, 7) is 5.61. The Balaban J connectivity index is 1.53. The second-order valence-corrected chi connectivity index (χ2v) is 8.04. The van der Waals surface area contributed by atoms with E-state index in [4.69, 9.17) is 4.74 Å². The summed E-state index contributed by atoms with van der Waals surface area (Å²) in [5, 5.41) is 3.60. The van der Waals surface area contributed by atoms with Crippen LogP contribution in [0.5, 0.6) is 0 Å². The van der Waals surface area contributed by atoms with E-state index >= 15 is 0 Å². The molecule has 0 spiro atoms. The zero-order valence-corrected chi connectivity index (χ0v) is 17.4. The smallest absolute Gasteiger partial charge is 0.257 e. The zero-order chi connectivity index (χ0) is 20.2. The van der Waals surface area contributed by atoms with Crippen LogP contribution in [0.25, 0.3) is 0 Å². The summed E-state index contributed by atoms with van der Waals surface area (Å²) in [6.07, 6.45) is 0.838. The Bertz CT molecular complexity index is 831. The Hall–Kier alpha value is -2.57. The van der Waals surface area contributed by atoms with Gasteiger partial charge in [-0.1, -0.05) is 24.3 Å². The number of carbonyl (C=O) groups excluding carboxylic acids is 1. The number of quaternary nitrogens is 1. The van der Waals surface area contributed by atoms with Crippen molar-refractivity contribution in [3.8, 4) is 0 Å². The van der Waals surface area contributed by atoms with Crippen molar-refractivity contribution >= 4 is 17.3 Å². The molecule has 0 unspecified atom stereocenters. The molecule has 0 radical (unpaired) electrons. The number of hydrogen-bond acceptors (Lipinski definition) is 4. The zero-order valence-electron chi connectivity index (χ0n) is 17.4. The first kappa shape index (κ1) is 19.7. The maximum absolute atomic E-state index is 13.3. The molecule has 0 aliphatic carbocycles. The van der Waals surface area contributed by atoms with Gasteiger partial charge < -0.3 is 24.8 Å². The number of hydrogen-bond donors (Lipinski definition) is 2. The number of nitrogens with zero attached hydrogens (tertiary/aromatic N) is 2. The van der Waals surface area contributed by atoms with E-state index in [1.54, 1.807) is 4.90 Å². The molecule has 0 bridgehead atoms. The molecule has 1 fully saturated rings. The normalized spacial score (nSPS) is 19.6. The summed E-state index contributed by atoms with van der Waals surface area (Å²) in [5.74, 6) is 0.109. The molecule has 6 nitrogen and oxygen atoms in total. The lowest BCUT2D eigenvalue weighted by Gasteiger charge is -2.38. The van der Waals surface area contributed by atoms with Crippen molar-refractivity contribution in [3.05, 3.63) is 59.7 Å². The fourth-order valence-corrected chi connectivity index (χ4v) is 4.15. The van der Waals surface area contributed by atoms with Gasteiger partial charge >= 0.3 is 0 Å². The lowest BCUT2D eigenvalue weighted by molar-refractivity contribution is -0.908. The summed E-state index contributed by atoms with van der Waals surface area (Å²) in [5.41, 5.74) is 3.93. The van der Waals surface area contributed by atoms with Gasteiger partial charge in [-0.25, -0.2) is 0 Å². The van der Waals surface area contributed by atoms with Gasteiger partial charge in [-0.3, -0.25) is 4.79 Å². The minimum Gasteiger partial charge on any atom is -0.378 e. The first-order valence-corrected chi connectivity index (χ1v) is 10.5. The van der Waals surface area contributed by atoms with Crippen LogP contribution in [0.4, 0.5) is 11.4 Å². The highest BCUT2D eigenvalue weighted by atomic mass is 16.5. The van der Waals surface area contributed by atoms with Gasteiger partial charge in [-0.05, 0) is 29.8 Å². The fourth-order valence-electron chi connectivity index (χ4n) is 4.15. The number of rotatable bonds is 6. The number of fused-ring (bicyclic) bond motifs is 1. The van der Waals surface area contributed by atoms with Gasteiger partial charge in [-0.15, -0.1) is 0 Å². The maximum Gasteiger partial charge on any atom is 0.257 e. The average molecular weight is 396 g/mol. The van der Waals surface area contributed by atoms with Crippen molar-refractivity contribution in [2.45, 2.75) is 12.6 Å². The first-order valence-electron chi connectivity index (χ1n) is 10.5. The van der Waals surface area contributed by atoms with Crippen molar-refractivity contribution in [2.75, 3.05) is 63.7 Å². The summed E-state index contributed by atoms with van der Waals surface area (Å²) in [7, 11) is 4.07. The van der Waals surface area contributed by atoms with E-state index in [9.17, 15) is 4.79 Å². The third kappa shape index (κ3) is 4.38. The van der Waals surface area contributed by atoms with Crippen molar-refractivity contribution in [1.82, 2.24) is 4.90 Å². The van der Waals surface area contributed by atoms with E-state index < -0.39 is 0 Å². The Morgan fingerprint density at radius 3 is 2.55 bits per heavy atom. The summed E-state index contributed by atoms with van der Waals surface area (Å²) in [4.78, 5) is 19.0. The molecule has 6 heteroatoms. The van der Waals surface area contributed by atoms with Crippen LogP contribution in [0.2, 0.25) is 0 Å². The third-order valence-corrected chi connectivity index (χ3v) is 5.88. The van der Waals surface area contributed by atoms with Crippen molar-refractivity contribution < 1.29 is 14.4 Å². The van der Waals surface area contributed by atoms with Crippen LogP contribution in [-0.2, 0) is 4.74 Å². The summed E-state index contributed by atoms with van der Waals surface area (Å²) >= 11 is 0. The number of amides is 1. The van der Waals surface area contributed by atoms with Gasteiger partial charge in [0.15, 0.2) is 0 Å². The molecule has 2 aliphatic heterocycles. The number of anilines is 2. The van der Waals surface area contributed by atoms with Gasteiger partial charge in [0, 0.05) is 38.4 Å². The molecule has 2 aliphatic rings. The molecular weight excluding hydrogens is 364 g/mol. The van der Waals surface area contributed by atoms with Crippen molar-refractivity contribution in [1.29, 1.82) is 0 Å². The third-order valence-electron chi connectivity index (χ3n) is 5.88. The highest BCUT2D eigenvalue weighted by Gasteiger charge is 2.32. The van der Waals surface area contributed by atoms with Crippen molar-refractivity contribution in [3.63, 3.8) is 0 Å². The molecule has 0 saturated carbocycles. The number of ether oxygens (including phenoxy) is 1. The predicted molar refractivity (Wildman–Crippen MR) is 116 cm³/mol. The summed E-state index contributed by atoms with van der Waals surface area (Å²) in [6, 6.07) is 16.3. The molecule has 2 aromatic carbocycles. The average Bonchev–Trinajstić information content (AvgIpc) is 2.76. The first-order chi connectivity index (χ1) is 14.1. The lowest BCUT2D eigenvalue weighted by Crippen LogP contribution is -3.14. The molecule has 4 rings (SSSR count). The van der Waals surface area contributed by atoms with Gasteiger partial charge in [0.05, 0.1) is 25.3 Å². The van der Waals surface area contributed by atoms with E-state index in [0.717, 1.165) is 68.3 Å². The van der Waals surface area contributed by atoms with Gasteiger partial charge in [0.2, 0.25) is 0 Å². The van der Waals surface area contributed by atoms with Gasteiger partial charge in [0.25, 0.3) is 5.91 Å². The second kappa shape index (κ2) is 8.84. The predicted octanol–water partition coefficient (Wildman–Crippen LogP) is 1.62. The Kier molecular flexibility index (Phi) is 6.02. The molecule has 2 N–H and O–H groups in total. The van der Waals surface area contributed by atoms with Crippen molar-refractivity contribution in [2.24, 2.45) is 0 Å². The Labute approximate surface area is 173 Å². The van der Waals surface area contributed by atoms with Crippen LogP contribution in [0.1, 0.15) is 28.5 Å². The van der Waals surface area contributed by atoms with E-state index in [1.165, 1.54) is 0 Å². The van der Waals surface area contributed by atoms with E-state index in [2.05, 4.69) is 34.5 Å². The number of para-hydroxylation sites is 1. The molecule has 29 heavy (non-hydrogen) atoms. The van der Waals surface area contributed by atoms with E-state index in [0.29, 0.717) is 0 Å². The van der Waals surface area contributed by atoms with Crippen LogP contribution in [0.3, 0.4) is 0 Å². The molecule has 0 aromatic heterocycles. The van der Waals surface area contributed by atoms with Gasteiger partial charge in [-0.2, -0.15) is 0 Å². The molecular formula is C23H31N4O2+. The SMILES string of the molecule is CN(C)c1ccc([C@H]2Nc3ccccc3C(=O)N2CCC[NH+]2CCOCC2)cc1. The molecule has 2 heterocycles. The monoisotopic (exact) mass is 395 g/mol. The van der Waals surface area contributed by atoms with Crippen LogP contribution in [0.15, 0.2) is 48.5 Å². The second-order valence-electron chi connectivity index (χ2n) is 8.04. The molecule has 2 aromatic rings.